The topological polar surface area (TPSA) is 17.1 Å². The summed E-state index contributed by atoms with van der Waals surface area (Å²) in [6.07, 6.45) is 0. The van der Waals surface area contributed by atoms with Crippen LogP contribution in [0.3, 0.4) is 0 Å². The standard InChI is InChI=1S/C20H20OS2/c1-13(18(21)14-8-6-5-7-9-14)19-22-16-11-10-15(20(2,3)4)12-17(16)23-19/h5-12H,1-4H3. The van der Waals surface area contributed by atoms with Crippen LogP contribution in [-0.4, -0.2) is 5.78 Å². The fourth-order valence-corrected chi connectivity index (χ4v) is 4.91. The molecule has 1 aliphatic heterocycles. The number of fused-ring (bicyclic) bond motifs is 1. The Labute approximate surface area is 146 Å². The first-order valence-corrected chi connectivity index (χ1v) is 9.30. The van der Waals surface area contributed by atoms with Crippen molar-refractivity contribution in [1.29, 1.82) is 0 Å². The Morgan fingerprint density at radius 3 is 2.22 bits per heavy atom. The van der Waals surface area contributed by atoms with Gasteiger partial charge in [-0.25, -0.2) is 0 Å². The van der Waals surface area contributed by atoms with Crippen molar-refractivity contribution in [3.05, 3.63) is 69.5 Å². The van der Waals surface area contributed by atoms with E-state index in [1.165, 1.54) is 15.4 Å². The van der Waals surface area contributed by atoms with Crippen molar-refractivity contribution in [1.82, 2.24) is 0 Å². The van der Waals surface area contributed by atoms with Crippen LogP contribution in [0.2, 0.25) is 0 Å². The number of hydrogen-bond donors (Lipinski definition) is 0. The molecule has 0 atom stereocenters. The molecule has 0 bridgehead atoms. The highest BCUT2D eigenvalue weighted by molar-refractivity contribution is 8.24. The van der Waals surface area contributed by atoms with E-state index in [9.17, 15) is 4.79 Å². The second-order valence-electron chi connectivity index (χ2n) is 6.72. The molecular weight excluding hydrogens is 320 g/mol. The van der Waals surface area contributed by atoms with Crippen LogP contribution in [0.1, 0.15) is 43.6 Å². The zero-order valence-corrected chi connectivity index (χ0v) is 15.5. The van der Waals surface area contributed by atoms with E-state index in [4.69, 9.17) is 0 Å². The van der Waals surface area contributed by atoms with Gasteiger partial charge >= 0.3 is 0 Å². The summed E-state index contributed by atoms with van der Waals surface area (Å²) in [5.74, 6) is 0.115. The molecule has 1 heterocycles. The van der Waals surface area contributed by atoms with Crippen LogP contribution in [0.4, 0.5) is 0 Å². The van der Waals surface area contributed by atoms with Gasteiger partial charge in [-0.05, 0) is 30.0 Å². The van der Waals surface area contributed by atoms with E-state index in [0.29, 0.717) is 0 Å². The van der Waals surface area contributed by atoms with Crippen molar-refractivity contribution in [3.63, 3.8) is 0 Å². The number of rotatable bonds is 2. The third kappa shape index (κ3) is 3.41. The minimum absolute atomic E-state index is 0.115. The summed E-state index contributed by atoms with van der Waals surface area (Å²) < 4.78 is 1.10. The van der Waals surface area contributed by atoms with E-state index >= 15 is 0 Å². The molecule has 0 saturated carbocycles. The van der Waals surface area contributed by atoms with Crippen LogP contribution >= 0.6 is 23.5 Å². The summed E-state index contributed by atoms with van der Waals surface area (Å²) >= 11 is 3.43. The van der Waals surface area contributed by atoms with Gasteiger partial charge in [-0.2, -0.15) is 0 Å². The molecule has 1 aliphatic rings. The van der Waals surface area contributed by atoms with Crippen molar-refractivity contribution < 1.29 is 4.79 Å². The van der Waals surface area contributed by atoms with Crippen LogP contribution in [-0.2, 0) is 5.41 Å². The normalized spacial score (nSPS) is 16.2. The van der Waals surface area contributed by atoms with Gasteiger partial charge < -0.3 is 0 Å². The van der Waals surface area contributed by atoms with Gasteiger partial charge in [0.1, 0.15) is 0 Å². The lowest BCUT2D eigenvalue weighted by Crippen LogP contribution is -2.10. The van der Waals surface area contributed by atoms with Gasteiger partial charge in [0.25, 0.3) is 0 Å². The van der Waals surface area contributed by atoms with Crippen molar-refractivity contribution in [2.75, 3.05) is 0 Å². The first kappa shape index (κ1) is 16.4. The Bertz CT molecular complexity index is 783. The monoisotopic (exact) mass is 340 g/mol. The zero-order valence-electron chi connectivity index (χ0n) is 13.8. The maximum absolute atomic E-state index is 12.6. The van der Waals surface area contributed by atoms with Crippen LogP contribution < -0.4 is 0 Å². The molecule has 2 aromatic carbocycles. The minimum atomic E-state index is 0.115. The molecule has 0 saturated heterocycles. The Kier molecular flexibility index (Phi) is 4.43. The summed E-state index contributed by atoms with van der Waals surface area (Å²) in [6, 6.07) is 16.1. The molecule has 23 heavy (non-hydrogen) atoms. The SMILES string of the molecule is CC(C(=O)c1ccccc1)=C1Sc2ccc(C(C)(C)C)cc2S1. The largest absolute Gasteiger partial charge is 0.289 e. The molecule has 3 heteroatoms. The molecule has 0 spiro atoms. The number of carbonyl (C=O) groups is 1. The summed E-state index contributed by atoms with van der Waals surface area (Å²) in [5, 5.41) is 0. The third-order valence-electron chi connectivity index (χ3n) is 3.90. The summed E-state index contributed by atoms with van der Waals surface area (Å²) in [5.41, 5.74) is 3.06. The van der Waals surface area contributed by atoms with Gasteiger partial charge in [-0.3, -0.25) is 4.79 Å². The zero-order chi connectivity index (χ0) is 16.6. The molecule has 0 aromatic heterocycles. The molecular formula is C20H20OS2. The fourth-order valence-electron chi connectivity index (χ4n) is 2.41. The second kappa shape index (κ2) is 6.21. The smallest absolute Gasteiger partial charge is 0.190 e. The van der Waals surface area contributed by atoms with Crippen molar-refractivity contribution in [2.45, 2.75) is 42.9 Å². The third-order valence-corrected chi connectivity index (χ3v) is 6.64. The quantitative estimate of drug-likeness (QED) is 0.472. The first-order valence-electron chi connectivity index (χ1n) is 7.67. The van der Waals surface area contributed by atoms with Crippen molar-refractivity contribution in [3.8, 4) is 0 Å². The molecule has 0 N–H and O–H groups in total. The van der Waals surface area contributed by atoms with Crippen LogP contribution in [0.25, 0.3) is 0 Å². The van der Waals surface area contributed by atoms with Gasteiger partial charge in [0.05, 0.1) is 4.24 Å². The number of ketones is 1. The highest BCUT2D eigenvalue weighted by atomic mass is 32.2. The molecule has 0 amide bonds. The molecule has 1 nitrogen and oxygen atoms in total. The van der Waals surface area contributed by atoms with Crippen LogP contribution in [0.5, 0.6) is 0 Å². The average Bonchev–Trinajstić information content (AvgIpc) is 2.96. The maximum Gasteiger partial charge on any atom is 0.190 e. The van der Waals surface area contributed by atoms with Crippen LogP contribution in [0, 0.1) is 0 Å². The number of allylic oxidation sites excluding steroid dienone is 1. The molecule has 0 aliphatic carbocycles. The minimum Gasteiger partial charge on any atom is -0.289 e. The van der Waals surface area contributed by atoms with Gasteiger partial charge in [-0.15, -0.1) is 0 Å². The lowest BCUT2D eigenvalue weighted by Gasteiger charge is -2.19. The highest BCUT2D eigenvalue weighted by Gasteiger charge is 2.24. The molecule has 2 aromatic rings. The summed E-state index contributed by atoms with van der Waals surface area (Å²) in [7, 11) is 0. The summed E-state index contributed by atoms with van der Waals surface area (Å²) in [6.45, 7) is 8.61. The van der Waals surface area contributed by atoms with E-state index in [-0.39, 0.29) is 11.2 Å². The Morgan fingerprint density at radius 2 is 1.57 bits per heavy atom. The van der Waals surface area contributed by atoms with E-state index in [0.717, 1.165) is 15.4 Å². The second-order valence-corrected chi connectivity index (χ2v) is 9.09. The number of carbonyl (C=O) groups excluding carboxylic acids is 1. The Balaban J connectivity index is 1.90. The Morgan fingerprint density at radius 1 is 0.913 bits per heavy atom. The number of Topliss-reactive ketones (excluding diaryl/α,β-unsaturated/α-hetero) is 1. The number of benzene rings is 2. The van der Waals surface area contributed by atoms with Gasteiger partial charge in [-0.1, -0.05) is 80.7 Å². The van der Waals surface area contributed by atoms with E-state index in [1.54, 1.807) is 23.5 Å². The molecule has 118 valence electrons. The lowest BCUT2D eigenvalue weighted by atomic mass is 9.87. The van der Waals surface area contributed by atoms with Gasteiger partial charge in [0, 0.05) is 20.9 Å². The maximum atomic E-state index is 12.6. The van der Waals surface area contributed by atoms with Crippen LogP contribution in [0.15, 0.2) is 68.1 Å². The fraction of sp³-hybridized carbons (Fsp3) is 0.250. The molecule has 0 fully saturated rings. The highest BCUT2D eigenvalue weighted by Crippen LogP contribution is 2.53. The number of thioether (sulfide) groups is 2. The summed E-state index contributed by atoms with van der Waals surface area (Å²) in [4.78, 5) is 15.1. The van der Waals surface area contributed by atoms with Gasteiger partial charge in [0.15, 0.2) is 5.78 Å². The average molecular weight is 341 g/mol. The van der Waals surface area contributed by atoms with Gasteiger partial charge in [0.2, 0.25) is 0 Å². The first-order chi connectivity index (χ1) is 10.9. The molecule has 3 rings (SSSR count). The van der Waals surface area contributed by atoms with E-state index in [1.807, 2.05) is 37.3 Å². The Hall–Kier alpha value is -1.45. The predicted molar refractivity (Wildman–Crippen MR) is 100 cm³/mol. The molecule has 0 unspecified atom stereocenters. The predicted octanol–water partition coefficient (Wildman–Crippen LogP) is 6.30. The van der Waals surface area contributed by atoms with Crippen molar-refractivity contribution in [2.24, 2.45) is 0 Å². The number of hydrogen-bond acceptors (Lipinski definition) is 3. The van der Waals surface area contributed by atoms with E-state index in [2.05, 4.69) is 39.0 Å². The molecule has 0 radical (unpaired) electrons. The van der Waals surface area contributed by atoms with E-state index < -0.39 is 0 Å². The lowest BCUT2D eigenvalue weighted by molar-refractivity contribution is 0.103. The van der Waals surface area contributed by atoms with Crippen molar-refractivity contribution >= 4 is 29.3 Å².